The summed E-state index contributed by atoms with van der Waals surface area (Å²) in [6, 6.07) is 5.92. The quantitative estimate of drug-likeness (QED) is 0.443. The first-order chi connectivity index (χ1) is 9.16. The molecule has 0 spiro atoms. The number of hydrogen-bond acceptors (Lipinski definition) is 4. The molecule has 0 amide bonds. The molecular formula is C13H8N2O4. The second-order valence-corrected chi connectivity index (χ2v) is 4.03. The molecule has 0 saturated carbocycles. The van der Waals surface area contributed by atoms with Gasteiger partial charge in [-0.2, -0.15) is 0 Å². The predicted molar refractivity (Wildman–Crippen MR) is 67.1 cm³/mol. The van der Waals surface area contributed by atoms with E-state index in [0.717, 1.165) is 0 Å². The Morgan fingerprint density at radius 2 is 2.16 bits per heavy atom. The lowest BCUT2D eigenvalue weighted by Gasteiger charge is -1.96. The van der Waals surface area contributed by atoms with E-state index in [1.165, 1.54) is 24.7 Å². The number of nitrogens with one attached hydrogen (secondary N) is 1. The highest BCUT2D eigenvalue weighted by molar-refractivity contribution is 6.16. The molecule has 1 N–H and O–H groups in total. The molecule has 0 unspecified atom stereocenters. The molecule has 1 aromatic carbocycles. The van der Waals surface area contributed by atoms with Crippen molar-refractivity contribution in [3.05, 3.63) is 64.2 Å². The van der Waals surface area contributed by atoms with Crippen LogP contribution < -0.4 is 0 Å². The summed E-state index contributed by atoms with van der Waals surface area (Å²) in [6.45, 7) is 0. The van der Waals surface area contributed by atoms with Gasteiger partial charge < -0.3 is 9.40 Å². The summed E-state index contributed by atoms with van der Waals surface area (Å²) >= 11 is 0. The van der Waals surface area contributed by atoms with Crippen LogP contribution in [0.1, 0.15) is 15.9 Å². The van der Waals surface area contributed by atoms with Gasteiger partial charge in [-0.3, -0.25) is 14.9 Å². The fourth-order valence-electron chi connectivity index (χ4n) is 1.96. The number of benzene rings is 1. The standard InChI is InChI=1S/C13H8N2O4/c16-13(8-3-4-19-7-8)11-6-14-12-5-9(15(17)18)1-2-10(11)12/h1-7,14H. The van der Waals surface area contributed by atoms with Crippen molar-refractivity contribution in [1.82, 2.24) is 4.98 Å². The van der Waals surface area contributed by atoms with E-state index < -0.39 is 4.92 Å². The van der Waals surface area contributed by atoms with E-state index in [2.05, 4.69) is 4.98 Å². The van der Waals surface area contributed by atoms with E-state index in [-0.39, 0.29) is 11.5 Å². The van der Waals surface area contributed by atoms with Crippen LogP contribution in [0.3, 0.4) is 0 Å². The van der Waals surface area contributed by atoms with Crippen LogP contribution in [0.15, 0.2) is 47.4 Å². The van der Waals surface area contributed by atoms with Crippen molar-refractivity contribution >= 4 is 22.4 Å². The highest BCUT2D eigenvalue weighted by Crippen LogP contribution is 2.25. The maximum Gasteiger partial charge on any atom is 0.271 e. The second-order valence-electron chi connectivity index (χ2n) is 4.03. The van der Waals surface area contributed by atoms with Gasteiger partial charge in [0.15, 0.2) is 5.78 Å². The van der Waals surface area contributed by atoms with Gasteiger partial charge in [0, 0.05) is 29.3 Å². The van der Waals surface area contributed by atoms with E-state index in [4.69, 9.17) is 4.42 Å². The number of carbonyl (C=O) groups excluding carboxylic acids is 1. The summed E-state index contributed by atoms with van der Waals surface area (Å²) in [7, 11) is 0. The normalized spacial score (nSPS) is 10.7. The minimum Gasteiger partial charge on any atom is -0.472 e. The predicted octanol–water partition coefficient (Wildman–Crippen LogP) is 2.90. The van der Waals surface area contributed by atoms with Crippen LogP contribution >= 0.6 is 0 Å². The summed E-state index contributed by atoms with van der Waals surface area (Å²) in [5.41, 5.74) is 1.45. The Balaban J connectivity index is 2.11. The number of furan rings is 1. The lowest BCUT2D eigenvalue weighted by atomic mass is 10.1. The minimum atomic E-state index is -0.474. The largest absolute Gasteiger partial charge is 0.472 e. The highest BCUT2D eigenvalue weighted by atomic mass is 16.6. The molecule has 0 atom stereocenters. The lowest BCUT2D eigenvalue weighted by molar-refractivity contribution is -0.384. The molecule has 0 aliphatic carbocycles. The zero-order valence-electron chi connectivity index (χ0n) is 9.62. The third-order valence-electron chi connectivity index (χ3n) is 2.90. The number of hydrogen-bond donors (Lipinski definition) is 1. The molecule has 3 rings (SSSR count). The summed E-state index contributed by atoms with van der Waals surface area (Å²) in [5.74, 6) is -0.186. The monoisotopic (exact) mass is 256 g/mol. The summed E-state index contributed by atoms with van der Waals surface area (Å²) < 4.78 is 4.88. The van der Waals surface area contributed by atoms with Gasteiger partial charge in [0.2, 0.25) is 0 Å². The molecule has 0 aliphatic rings. The number of nitro groups is 1. The number of H-pyrrole nitrogens is 1. The molecule has 94 valence electrons. The molecule has 0 saturated heterocycles. The van der Waals surface area contributed by atoms with E-state index in [0.29, 0.717) is 22.0 Å². The van der Waals surface area contributed by atoms with Crippen molar-refractivity contribution in [3.63, 3.8) is 0 Å². The third kappa shape index (κ3) is 1.79. The van der Waals surface area contributed by atoms with Gasteiger partial charge in [0.25, 0.3) is 5.69 Å². The van der Waals surface area contributed by atoms with Crippen molar-refractivity contribution in [1.29, 1.82) is 0 Å². The maximum atomic E-state index is 12.2. The SMILES string of the molecule is O=C(c1ccoc1)c1c[nH]c2cc([N+](=O)[O-])ccc12. The first-order valence-corrected chi connectivity index (χ1v) is 5.49. The Morgan fingerprint density at radius 1 is 1.32 bits per heavy atom. The van der Waals surface area contributed by atoms with Gasteiger partial charge in [0.05, 0.1) is 22.3 Å². The van der Waals surface area contributed by atoms with Crippen molar-refractivity contribution in [2.75, 3.05) is 0 Å². The van der Waals surface area contributed by atoms with Gasteiger partial charge in [-0.1, -0.05) is 0 Å². The number of nitrogens with zero attached hydrogens (tertiary/aromatic N) is 1. The van der Waals surface area contributed by atoms with Crippen LogP contribution in [-0.2, 0) is 0 Å². The minimum absolute atomic E-state index is 0.0170. The smallest absolute Gasteiger partial charge is 0.271 e. The molecule has 0 bridgehead atoms. The fraction of sp³-hybridized carbons (Fsp3) is 0. The lowest BCUT2D eigenvalue weighted by Crippen LogP contribution is -1.98. The third-order valence-corrected chi connectivity index (χ3v) is 2.90. The van der Waals surface area contributed by atoms with E-state index >= 15 is 0 Å². The van der Waals surface area contributed by atoms with E-state index in [9.17, 15) is 14.9 Å². The Bertz CT molecular complexity index is 771. The van der Waals surface area contributed by atoms with Crippen molar-refractivity contribution < 1.29 is 14.1 Å². The molecule has 6 nitrogen and oxygen atoms in total. The number of carbonyl (C=O) groups is 1. The number of non-ortho nitro benzene ring substituents is 1. The number of rotatable bonds is 3. The van der Waals surface area contributed by atoms with Crippen LogP contribution in [-0.4, -0.2) is 15.7 Å². The zero-order chi connectivity index (χ0) is 13.4. The van der Waals surface area contributed by atoms with Crippen molar-refractivity contribution in [3.8, 4) is 0 Å². The van der Waals surface area contributed by atoms with Crippen LogP contribution in [0.5, 0.6) is 0 Å². The molecule has 6 heteroatoms. The molecule has 0 aliphatic heterocycles. The van der Waals surface area contributed by atoms with Gasteiger partial charge in [-0.15, -0.1) is 0 Å². The molecule has 2 heterocycles. The molecule has 3 aromatic rings. The van der Waals surface area contributed by atoms with Gasteiger partial charge in [0.1, 0.15) is 6.26 Å². The Kier molecular flexibility index (Phi) is 2.42. The van der Waals surface area contributed by atoms with Crippen LogP contribution in [0.25, 0.3) is 10.9 Å². The topological polar surface area (TPSA) is 89.1 Å². The van der Waals surface area contributed by atoms with Crippen LogP contribution in [0, 0.1) is 10.1 Å². The van der Waals surface area contributed by atoms with Crippen LogP contribution in [0.4, 0.5) is 5.69 Å². The Labute approximate surface area is 106 Å². The number of nitro benzene ring substituents is 1. The first-order valence-electron chi connectivity index (χ1n) is 5.49. The van der Waals surface area contributed by atoms with Crippen molar-refractivity contribution in [2.45, 2.75) is 0 Å². The van der Waals surface area contributed by atoms with Gasteiger partial charge in [-0.25, -0.2) is 0 Å². The van der Waals surface area contributed by atoms with Gasteiger partial charge in [-0.05, 0) is 12.1 Å². The number of aromatic nitrogens is 1. The molecule has 2 aromatic heterocycles. The Morgan fingerprint density at radius 3 is 2.84 bits per heavy atom. The van der Waals surface area contributed by atoms with Crippen LogP contribution in [0.2, 0.25) is 0 Å². The molecule has 0 radical (unpaired) electrons. The maximum absolute atomic E-state index is 12.2. The second kappa shape index (κ2) is 4.09. The number of aromatic amines is 1. The fourth-order valence-corrected chi connectivity index (χ4v) is 1.96. The molecule has 19 heavy (non-hydrogen) atoms. The molecule has 0 fully saturated rings. The summed E-state index contributed by atoms with van der Waals surface area (Å²) in [6.07, 6.45) is 4.34. The highest BCUT2D eigenvalue weighted by Gasteiger charge is 2.16. The average molecular weight is 256 g/mol. The van der Waals surface area contributed by atoms with E-state index in [1.54, 1.807) is 18.3 Å². The summed E-state index contributed by atoms with van der Waals surface area (Å²) in [4.78, 5) is 25.3. The Hall–Kier alpha value is -2.89. The van der Waals surface area contributed by atoms with Crippen molar-refractivity contribution in [2.24, 2.45) is 0 Å². The molecular weight excluding hydrogens is 248 g/mol. The number of ketones is 1. The van der Waals surface area contributed by atoms with Gasteiger partial charge >= 0.3 is 0 Å². The number of fused-ring (bicyclic) bond motifs is 1. The zero-order valence-corrected chi connectivity index (χ0v) is 9.62. The van der Waals surface area contributed by atoms with E-state index in [1.807, 2.05) is 0 Å². The first kappa shape index (κ1) is 11.2. The summed E-state index contributed by atoms with van der Waals surface area (Å²) in [5, 5.41) is 11.3. The average Bonchev–Trinajstić information content (AvgIpc) is 3.06.